The predicted octanol–water partition coefficient (Wildman–Crippen LogP) is 4.53. The maximum absolute atomic E-state index is 13.5. The number of sulfonamides is 1. The van der Waals surface area contributed by atoms with E-state index in [9.17, 15) is 23.3 Å². The molecule has 4 aromatic carbocycles. The van der Waals surface area contributed by atoms with Crippen molar-refractivity contribution in [2.75, 3.05) is 18.0 Å². The van der Waals surface area contributed by atoms with Gasteiger partial charge in [-0.3, -0.25) is 19.2 Å². The number of anilines is 1. The van der Waals surface area contributed by atoms with Gasteiger partial charge in [-0.25, -0.2) is 13.8 Å². The molecule has 0 heterocycles. The fourth-order valence-corrected chi connectivity index (χ4v) is 5.40. The van der Waals surface area contributed by atoms with Gasteiger partial charge < -0.3 is 9.47 Å². The summed E-state index contributed by atoms with van der Waals surface area (Å²) in [4.78, 5) is 23.0. The Morgan fingerprint density at radius 3 is 2.29 bits per heavy atom. The molecule has 11 nitrogen and oxygen atoms in total. The third-order valence-corrected chi connectivity index (χ3v) is 7.61. The molecule has 1 N–H and O–H groups in total. The molecular weight excluding hydrogens is 548 g/mol. The van der Waals surface area contributed by atoms with Gasteiger partial charge in [0.2, 0.25) is 0 Å². The normalized spacial score (nSPS) is 11.1. The van der Waals surface area contributed by atoms with Gasteiger partial charge in [-0.2, -0.15) is 5.10 Å². The molecule has 210 valence electrons. The standard InChI is InChI=1S/C29H26N4O7S/c1-39-27-18-23(16-17-26(27)40-21-22-10-4-2-5-11-22)19-30-31-29(34)20-32(24-12-6-3-7-13-24)41(37,38)28-15-9-8-14-25(28)33(35)36/h2-19H,20-21H2,1H3,(H,31,34)/b30-19-. The Bertz CT molecular complexity index is 1650. The first-order chi connectivity index (χ1) is 19.8. The van der Waals surface area contributed by atoms with Crippen molar-refractivity contribution in [1.82, 2.24) is 5.43 Å². The Kier molecular flexibility index (Phi) is 9.28. The van der Waals surface area contributed by atoms with E-state index in [1.165, 1.54) is 37.6 Å². The molecule has 0 unspecified atom stereocenters. The Hall–Kier alpha value is -5.23. The number of nitrogens with zero attached hydrogens (tertiary/aromatic N) is 3. The molecule has 4 aromatic rings. The van der Waals surface area contributed by atoms with Crippen LogP contribution in [0.25, 0.3) is 0 Å². The first kappa shape index (κ1) is 28.8. The maximum Gasteiger partial charge on any atom is 0.289 e. The minimum absolute atomic E-state index is 0.153. The quantitative estimate of drug-likeness (QED) is 0.149. The zero-order valence-electron chi connectivity index (χ0n) is 21.9. The van der Waals surface area contributed by atoms with Gasteiger partial charge in [0.05, 0.1) is 23.9 Å². The number of benzene rings is 4. The van der Waals surface area contributed by atoms with Crippen molar-refractivity contribution in [3.8, 4) is 11.5 Å². The summed E-state index contributed by atoms with van der Waals surface area (Å²) in [5.41, 5.74) is 3.44. The third kappa shape index (κ3) is 7.25. The second kappa shape index (κ2) is 13.2. The number of para-hydroxylation sites is 2. The fourth-order valence-electron chi connectivity index (χ4n) is 3.82. The molecule has 0 saturated heterocycles. The number of rotatable bonds is 12. The molecule has 0 saturated carbocycles. The number of carbonyl (C=O) groups is 1. The van der Waals surface area contributed by atoms with Crippen molar-refractivity contribution >= 4 is 33.5 Å². The van der Waals surface area contributed by atoms with Crippen molar-refractivity contribution < 1.29 is 27.6 Å². The number of nitro benzene ring substituents is 1. The van der Waals surface area contributed by atoms with Crippen LogP contribution < -0.4 is 19.2 Å². The highest BCUT2D eigenvalue weighted by molar-refractivity contribution is 7.93. The van der Waals surface area contributed by atoms with E-state index >= 15 is 0 Å². The number of amides is 1. The Labute approximate surface area is 236 Å². The first-order valence-corrected chi connectivity index (χ1v) is 13.7. The molecule has 0 aliphatic heterocycles. The molecule has 0 aromatic heterocycles. The van der Waals surface area contributed by atoms with Crippen LogP contribution in [-0.2, 0) is 21.4 Å². The average molecular weight is 575 g/mol. The molecule has 0 bridgehead atoms. The molecule has 0 spiro atoms. The highest BCUT2D eigenvalue weighted by Gasteiger charge is 2.33. The second-order valence-electron chi connectivity index (χ2n) is 8.55. The summed E-state index contributed by atoms with van der Waals surface area (Å²) < 4.78 is 39.1. The Morgan fingerprint density at radius 2 is 1.61 bits per heavy atom. The number of hydrogen-bond acceptors (Lipinski definition) is 8. The number of nitro groups is 1. The van der Waals surface area contributed by atoms with E-state index < -0.39 is 38.0 Å². The van der Waals surface area contributed by atoms with Crippen LogP contribution in [0.5, 0.6) is 11.5 Å². The number of ether oxygens (including phenoxy) is 2. The zero-order valence-corrected chi connectivity index (χ0v) is 22.7. The van der Waals surface area contributed by atoms with E-state index in [2.05, 4.69) is 10.5 Å². The zero-order chi connectivity index (χ0) is 29.2. The lowest BCUT2D eigenvalue weighted by Crippen LogP contribution is -2.39. The second-order valence-corrected chi connectivity index (χ2v) is 10.4. The average Bonchev–Trinajstić information content (AvgIpc) is 3.00. The molecule has 0 radical (unpaired) electrons. The lowest BCUT2D eigenvalue weighted by Gasteiger charge is -2.23. The summed E-state index contributed by atoms with van der Waals surface area (Å²) in [6.45, 7) is -0.320. The molecule has 0 fully saturated rings. The number of hydrogen-bond donors (Lipinski definition) is 1. The monoisotopic (exact) mass is 574 g/mol. The molecule has 0 aliphatic carbocycles. The van der Waals surface area contributed by atoms with Crippen LogP contribution in [0.1, 0.15) is 11.1 Å². The summed E-state index contributed by atoms with van der Waals surface area (Å²) in [7, 11) is -2.99. The van der Waals surface area contributed by atoms with Crippen LogP contribution in [0, 0.1) is 10.1 Å². The van der Waals surface area contributed by atoms with Gasteiger partial charge in [0.1, 0.15) is 13.2 Å². The highest BCUT2D eigenvalue weighted by Crippen LogP contribution is 2.30. The molecule has 4 rings (SSSR count). The summed E-state index contributed by atoms with van der Waals surface area (Å²) in [5, 5.41) is 15.4. The number of carbonyl (C=O) groups excluding carboxylic acids is 1. The maximum atomic E-state index is 13.5. The van der Waals surface area contributed by atoms with Crippen LogP contribution >= 0.6 is 0 Å². The van der Waals surface area contributed by atoms with E-state index in [0.29, 0.717) is 23.7 Å². The predicted molar refractivity (Wildman–Crippen MR) is 154 cm³/mol. The van der Waals surface area contributed by atoms with Crippen molar-refractivity contribution in [2.45, 2.75) is 11.5 Å². The van der Waals surface area contributed by atoms with Gasteiger partial charge in [-0.15, -0.1) is 0 Å². The van der Waals surface area contributed by atoms with Gasteiger partial charge in [-0.05, 0) is 47.5 Å². The van der Waals surface area contributed by atoms with E-state index in [1.807, 2.05) is 30.3 Å². The van der Waals surface area contributed by atoms with Crippen molar-refractivity contribution in [3.05, 3.63) is 124 Å². The summed E-state index contributed by atoms with van der Waals surface area (Å²) >= 11 is 0. The SMILES string of the molecule is COc1cc(/C=N\NC(=O)CN(c2ccccc2)S(=O)(=O)c2ccccc2[N+](=O)[O-])ccc1OCc1ccccc1. The molecule has 0 aliphatic rings. The van der Waals surface area contributed by atoms with Crippen molar-refractivity contribution in [1.29, 1.82) is 0 Å². The lowest BCUT2D eigenvalue weighted by molar-refractivity contribution is -0.387. The van der Waals surface area contributed by atoms with Crippen LogP contribution in [0.3, 0.4) is 0 Å². The van der Waals surface area contributed by atoms with Crippen molar-refractivity contribution in [3.63, 3.8) is 0 Å². The van der Waals surface area contributed by atoms with E-state index in [1.54, 1.807) is 36.4 Å². The Balaban J connectivity index is 1.48. The summed E-state index contributed by atoms with van der Waals surface area (Å²) in [5.74, 6) is 0.223. The van der Waals surface area contributed by atoms with Crippen molar-refractivity contribution in [2.24, 2.45) is 5.10 Å². The van der Waals surface area contributed by atoms with Crippen LogP contribution in [-0.4, -0.2) is 39.1 Å². The van der Waals surface area contributed by atoms with E-state index in [4.69, 9.17) is 9.47 Å². The largest absolute Gasteiger partial charge is 0.493 e. The molecule has 12 heteroatoms. The van der Waals surface area contributed by atoms with Crippen LogP contribution in [0.15, 0.2) is 113 Å². The lowest BCUT2D eigenvalue weighted by atomic mass is 10.2. The topological polar surface area (TPSA) is 140 Å². The molecule has 0 atom stereocenters. The van der Waals surface area contributed by atoms with Gasteiger partial charge in [-0.1, -0.05) is 60.7 Å². The minimum atomic E-state index is -4.49. The van der Waals surface area contributed by atoms with Gasteiger partial charge in [0, 0.05) is 6.07 Å². The van der Waals surface area contributed by atoms with E-state index in [-0.39, 0.29) is 5.69 Å². The van der Waals surface area contributed by atoms with Gasteiger partial charge in [0.25, 0.3) is 21.6 Å². The summed E-state index contributed by atoms with van der Waals surface area (Å²) in [6.07, 6.45) is 1.37. The summed E-state index contributed by atoms with van der Waals surface area (Å²) in [6, 6.07) is 27.5. The first-order valence-electron chi connectivity index (χ1n) is 12.3. The number of hydrazone groups is 1. The molecule has 41 heavy (non-hydrogen) atoms. The third-order valence-electron chi connectivity index (χ3n) is 5.79. The van der Waals surface area contributed by atoms with Gasteiger partial charge >= 0.3 is 0 Å². The Morgan fingerprint density at radius 1 is 0.951 bits per heavy atom. The minimum Gasteiger partial charge on any atom is -0.493 e. The van der Waals surface area contributed by atoms with Crippen LogP contribution in [0.4, 0.5) is 11.4 Å². The fraction of sp³-hybridized carbons (Fsp3) is 0.103. The number of methoxy groups -OCH3 is 1. The molecule has 1 amide bonds. The smallest absolute Gasteiger partial charge is 0.289 e. The highest BCUT2D eigenvalue weighted by atomic mass is 32.2. The van der Waals surface area contributed by atoms with Crippen LogP contribution in [0.2, 0.25) is 0 Å². The molecular formula is C29H26N4O7S. The van der Waals surface area contributed by atoms with E-state index in [0.717, 1.165) is 22.0 Å². The van der Waals surface area contributed by atoms with Gasteiger partial charge in [0.15, 0.2) is 16.4 Å². The number of nitrogens with one attached hydrogen (secondary N) is 1.